The number of hydrogen-bond donors (Lipinski definition) is 0. The van der Waals surface area contributed by atoms with Crippen molar-refractivity contribution in [3.05, 3.63) is 25.3 Å². The summed E-state index contributed by atoms with van der Waals surface area (Å²) in [4.78, 5) is 24.3. The Morgan fingerprint density at radius 3 is 1.83 bits per heavy atom. The number of methoxy groups -OCH3 is 2. The zero-order valence-corrected chi connectivity index (χ0v) is 11.6. The molecule has 0 aromatic heterocycles. The zero-order chi connectivity index (χ0) is 14.4. The van der Waals surface area contributed by atoms with Gasteiger partial charge in [-0.3, -0.25) is 9.59 Å². The van der Waals surface area contributed by atoms with Crippen LogP contribution < -0.4 is 0 Å². The highest BCUT2D eigenvalue weighted by Crippen LogP contribution is 2.46. The molecule has 0 fully saturated rings. The third-order valence-corrected chi connectivity index (χ3v) is 3.40. The summed E-state index contributed by atoms with van der Waals surface area (Å²) < 4.78 is 9.60. The van der Waals surface area contributed by atoms with Gasteiger partial charge in [0.2, 0.25) is 0 Å². The SMILES string of the molecule is C=CCCC(C(=O)OC)(C(=O)OC)C(C)(C)C=C. The molecule has 0 N–H and O–H groups in total. The highest BCUT2D eigenvalue weighted by atomic mass is 16.5. The van der Waals surface area contributed by atoms with Crippen LogP contribution in [-0.2, 0) is 19.1 Å². The van der Waals surface area contributed by atoms with Gasteiger partial charge >= 0.3 is 11.9 Å². The van der Waals surface area contributed by atoms with E-state index in [0.717, 1.165) is 0 Å². The molecule has 0 saturated heterocycles. The van der Waals surface area contributed by atoms with Crippen LogP contribution >= 0.6 is 0 Å². The Morgan fingerprint density at radius 2 is 1.56 bits per heavy atom. The highest BCUT2D eigenvalue weighted by Gasteiger charge is 2.57. The average Bonchev–Trinajstić information content (AvgIpc) is 2.38. The fourth-order valence-corrected chi connectivity index (χ4v) is 1.98. The summed E-state index contributed by atoms with van der Waals surface area (Å²) in [7, 11) is 2.51. The van der Waals surface area contributed by atoms with Crippen LogP contribution in [0.2, 0.25) is 0 Å². The molecular weight excluding hydrogens is 232 g/mol. The van der Waals surface area contributed by atoms with E-state index in [1.807, 2.05) is 0 Å². The smallest absolute Gasteiger partial charge is 0.324 e. The van der Waals surface area contributed by atoms with E-state index in [9.17, 15) is 9.59 Å². The fraction of sp³-hybridized carbons (Fsp3) is 0.571. The summed E-state index contributed by atoms with van der Waals surface area (Å²) in [5.41, 5.74) is -2.18. The molecule has 0 rings (SSSR count). The second kappa shape index (κ2) is 6.38. The molecule has 0 aliphatic heterocycles. The van der Waals surface area contributed by atoms with Crippen molar-refractivity contribution >= 4 is 11.9 Å². The minimum Gasteiger partial charge on any atom is -0.468 e. The van der Waals surface area contributed by atoms with Crippen molar-refractivity contribution in [1.82, 2.24) is 0 Å². The molecule has 0 unspecified atom stereocenters. The van der Waals surface area contributed by atoms with Crippen molar-refractivity contribution in [3.63, 3.8) is 0 Å². The minimum absolute atomic E-state index is 0.273. The first-order chi connectivity index (χ1) is 8.33. The standard InChI is InChI=1S/C14H22O4/c1-7-9-10-14(11(15)17-5,12(16)18-6)13(3,4)8-2/h7-8H,1-2,9-10H2,3-6H3. The van der Waals surface area contributed by atoms with E-state index in [-0.39, 0.29) is 6.42 Å². The monoisotopic (exact) mass is 254 g/mol. The number of rotatable bonds is 7. The van der Waals surface area contributed by atoms with Gasteiger partial charge in [-0.05, 0) is 12.8 Å². The van der Waals surface area contributed by atoms with E-state index in [2.05, 4.69) is 13.2 Å². The minimum atomic E-state index is -1.40. The van der Waals surface area contributed by atoms with Crippen LogP contribution in [-0.4, -0.2) is 26.2 Å². The van der Waals surface area contributed by atoms with Gasteiger partial charge in [0.05, 0.1) is 14.2 Å². The quantitative estimate of drug-likeness (QED) is 0.398. The number of esters is 2. The molecule has 0 saturated carbocycles. The van der Waals surface area contributed by atoms with E-state index < -0.39 is 22.8 Å². The van der Waals surface area contributed by atoms with Crippen LogP contribution in [0.5, 0.6) is 0 Å². The Hall–Kier alpha value is -1.58. The molecule has 18 heavy (non-hydrogen) atoms. The van der Waals surface area contributed by atoms with E-state index in [4.69, 9.17) is 9.47 Å². The van der Waals surface area contributed by atoms with Gasteiger partial charge in [0.15, 0.2) is 5.41 Å². The van der Waals surface area contributed by atoms with Gasteiger partial charge in [0, 0.05) is 5.41 Å². The molecule has 0 amide bonds. The lowest BCUT2D eigenvalue weighted by molar-refractivity contribution is -0.177. The van der Waals surface area contributed by atoms with Crippen LogP contribution in [0.4, 0.5) is 0 Å². The highest BCUT2D eigenvalue weighted by molar-refractivity contribution is 6.01. The lowest BCUT2D eigenvalue weighted by Crippen LogP contribution is -2.51. The van der Waals surface area contributed by atoms with Crippen molar-refractivity contribution < 1.29 is 19.1 Å². The van der Waals surface area contributed by atoms with Gasteiger partial charge in [-0.25, -0.2) is 0 Å². The maximum atomic E-state index is 12.1. The van der Waals surface area contributed by atoms with Gasteiger partial charge in [0.1, 0.15) is 0 Å². The molecule has 4 heteroatoms. The number of hydrogen-bond acceptors (Lipinski definition) is 4. The Morgan fingerprint density at radius 1 is 1.11 bits per heavy atom. The summed E-state index contributed by atoms with van der Waals surface area (Å²) in [6, 6.07) is 0. The lowest BCUT2D eigenvalue weighted by atomic mass is 9.63. The first kappa shape index (κ1) is 16.4. The summed E-state index contributed by atoms with van der Waals surface area (Å²) in [6.45, 7) is 10.8. The summed E-state index contributed by atoms with van der Waals surface area (Å²) >= 11 is 0. The van der Waals surface area contributed by atoms with Crippen molar-refractivity contribution in [2.24, 2.45) is 10.8 Å². The normalized spacial score (nSPS) is 11.6. The van der Waals surface area contributed by atoms with E-state index >= 15 is 0 Å². The van der Waals surface area contributed by atoms with Crippen LogP contribution in [0.1, 0.15) is 26.7 Å². The number of ether oxygens (including phenoxy) is 2. The molecule has 0 heterocycles. The molecule has 0 aliphatic carbocycles. The lowest BCUT2D eigenvalue weighted by Gasteiger charge is -2.39. The molecule has 0 aromatic carbocycles. The predicted molar refractivity (Wildman–Crippen MR) is 69.9 cm³/mol. The molecule has 102 valence electrons. The van der Waals surface area contributed by atoms with Crippen LogP contribution in [0.15, 0.2) is 25.3 Å². The predicted octanol–water partition coefficient (Wildman–Crippen LogP) is 2.50. The van der Waals surface area contributed by atoms with Crippen molar-refractivity contribution in [3.8, 4) is 0 Å². The number of carbonyl (C=O) groups excluding carboxylic acids is 2. The molecule has 0 atom stereocenters. The molecule has 0 bridgehead atoms. The van der Waals surface area contributed by atoms with Gasteiger partial charge in [0.25, 0.3) is 0 Å². The van der Waals surface area contributed by atoms with Crippen LogP contribution in [0, 0.1) is 10.8 Å². The van der Waals surface area contributed by atoms with Crippen LogP contribution in [0.25, 0.3) is 0 Å². The average molecular weight is 254 g/mol. The Balaban J connectivity index is 5.84. The molecular formula is C14H22O4. The number of allylic oxidation sites excluding steroid dienone is 2. The van der Waals surface area contributed by atoms with Gasteiger partial charge in [-0.2, -0.15) is 0 Å². The van der Waals surface area contributed by atoms with Gasteiger partial charge in [-0.15, -0.1) is 13.2 Å². The topological polar surface area (TPSA) is 52.6 Å². The molecule has 0 aromatic rings. The van der Waals surface area contributed by atoms with E-state index in [1.165, 1.54) is 14.2 Å². The molecule has 0 aliphatic rings. The van der Waals surface area contributed by atoms with Gasteiger partial charge in [-0.1, -0.05) is 26.0 Å². The first-order valence-corrected chi connectivity index (χ1v) is 5.75. The van der Waals surface area contributed by atoms with E-state index in [0.29, 0.717) is 6.42 Å². The summed E-state index contributed by atoms with van der Waals surface area (Å²) in [6.07, 6.45) is 4.00. The third kappa shape index (κ3) is 2.63. The second-order valence-corrected chi connectivity index (χ2v) is 4.64. The molecule has 0 radical (unpaired) electrons. The zero-order valence-electron chi connectivity index (χ0n) is 11.6. The largest absolute Gasteiger partial charge is 0.468 e. The maximum Gasteiger partial charge on any atom is 0.324 e. The summed E-state index contributed by atoms with van der Waals surface area (Å²) in [5.74, 6) is -1.22. The van der Waals surface area contributed by atoms with Gasteiger partial charge < -0.3 is 9.47 Å². The third-order valence-electron chi connectivity index (χ3n) is 3.40. The Bertz CT molecular complexity index is 326. The fourth-order valence-electron chi connectivity index (χ4n) is 1.98. The second-order valence-electron chi connectivity index (χ2n) is 4.64. The molecule has 0 spiro atoms. The summed E-state index contributed by atoms with van der Waals surface area (Å²) in [5, 5.41) is 0. The van der Waals surface area contributed by atoms with Crippen molar-refractivity contribution in [2.75, 3.05) is 14.2 Å². The van der Waals surface area contributed by atoms with Crippen molar-refractivity contribution in [2.45, 2.75) is 26.7 Å². The Labute approximate surface area is 109 Å². The maximum absolute atomic E-state index is 12.1. The number of carbonyl (C=O) groups is 2. The molecule has 4 nitrogen and oxygen atoms in total. The first-order valence-electron chi connectivity index (χ1n) is 5.75. The Kier molecular flexibility index (Phi) is 5.82. The van der Waals surface area contributed by atoms with Crippen molar-refractivity contribution in [1.29, 1.82) is 0 Å². The van der Waals surface area contributed by atoms with E-state index in [1.54, 1.807) is 26.0 Å². The van der Waals surface area contributed by atoms with Crippen LogP contribution in [0.3, 0.4) is 0 Å².